The molecule has 2 unspecified atom stereocenters. The molecule has 0 saturated heterocycles. The van der Waals surface area contributed by atoms with Gasteiger partial charge in [0.05, 0.1) is 0 Å². The number of benzene rings is 6. The van der Waals surface area contributed by atoms with Crippen LogP contribution in [0.2, 0.25) is 0 Å². The largest absolute Gasteiger partial charge is 0.456 e. The van der Waals surface area contributed by atoms with Gasteiger partial charge in [-0.05, 0) is 117 Å². The third-order valence-electron chi connectivity index (χ3n) is 12.1. The van der Waals surface area contributed by atoms with Gasteiger partial charge in [-0.2, -0.15) is 0 Å². The molecule has 2 nitrogen and oxygen atoms in total. The van der Waals surface area contributed by atoms with E-state index in [1.807, 2.05) is 29.5 Å². The molecule has 2 heterocycles. The van der Waals surface area contributed by atoms with Crippen molar-refractivity contribution in [1.29, 1.82) is 0 Å². The van der Waals surface area contributed by atoms with Crippen LogP contribution in [0.15, 0.2) is 205 Å². The fourth-order valence-electron chi connectivity index (χ4n) is 8.97. The van der Waals surface area contributed by atoms with Gasteiger partial charge in [-0.15, -0.1) is 11.3 Å². The third-order valence-corrected chi connectivity index (χ3v) is 13.3. The second-order valence-electron chi connectivity index (χ2n) is 15.7. The predicted molar refractivity (Wildman–Crippen MR) is 254 cm³/mol. The molecule has 0 fully saturated rings. The van der Waals surface area contributed by atoms with Crippen LogP contribution in [0.4, 0.5) is 5.69 Å². The molecule has 6 aromatic carbocycles. The van der Waals surface area contributed by atoms with E-state index in [4.69, 9.17) is 4.42 Å². The van der Waals surface area contributed by atoms with Crippen molar-refractivity contribution in [2.45, 2.75) is 13.3 Å². The molecule has 8 aromatic rings. The van der Waals surface area contributed by atoms with Crippen LogP contribution in [-0.4, -0.2) is 6.54 Å². The molecule has 0 bridgehead atoms. The van der Waals surface area contributed by atoms with Crippen molar-refractivity contribution < 1.29 is 4.42 Å². The van der Waals surface area contributed by atoms with E-state index in [9.17, 15) is 0 Å². The second kappa shape index (κ2) is 15.9. The maximum atomic E-state index is 6.14. The van der Waals surface area contributed by atoms with Gasteiger partial charge in [-0.25, -0.2) is 0 Å². The number of hydrogen-bond donors (Lipinski definition) is 0. The topological polar surface area (TPSA) is 16.4 Å². The van der Waals surface area contributed by atoms with Crippen molar-refractivity contribution >= 4 is 72.3 Å². The summed E-state index contributed by atoms with van der Waals surface area (Å²) in [5, 5.41) is 5.08. The molecule has 59 heavy (non-hydrogen) atoms. The van der Waals surface area contributed by atoms with Crippen LogP contribution in [0.3, 0.4) is 0 Å². The summed E-state index contributed by atoms with van der Waals surface area (Å²) in [7, 11) is 0. The summed E-state index contributed by atoms with van der Waals surface area (Å²) < 4.78 is 8.93. The number of furan rings is 1. The van der Waals surface area contributed by atoms with E-state index in [1.165, 1.54) is 42.2 Å². The Balaban J connectivity index is 1.01. The molecular weight excluding hydrogens is 735 g/mol. The van der Waals surface area contributed by atoms with Gasteiger partial charge in [0, 0.05) is 37.9 Å². The summed E-state index contributed by atoms with van der Waals surface area (Å²) in [4.78, 5) is 2.47. The molecule has 3 heteroatoms. The minimum Gasteiger partial charge on any atom is -0.456 e. The number of nitrogens with zero attached hydrogens (tertiary/aromatic N) is 1. The van der Waals surface area contributed by atoms with Crippen LogP contribution in [0.25, 0.3) is 66.4 Å². The molecular formula is C56H45NOS. The first kappa shape index (κ1) is 36.6. The molecule has 2 aromatic heterocycles. The highest BCUT2D eigenvalue weighted by molar-refractivity contribution is 7.17. The average molecular weight is 780 g/mol. The molecule has 0 N–H and O–H groups in total. The minimum absolute atomic E-state index is 0.359. The SMILES string of the molecule is C=C/C(=C\C(=C/CN(C1=CC(C)C([C@H]2C=c3c(sc4ccccc34)=CC2)C=C1)c1ccc(-c2ccc3oc4ccccc4c3c2)cc1)c1ccccc1)c1ccccc1. The molecule has 0 saturated carbocycles. The second-order valence-corrected chi connectivity index (χ2v) is 16.8. The minimum atomic E-state index is 0.359. The smallest absolute Gasteiger partial charge is 0.135 e. The Kier molecular flexibility index (Phi) is 9.89. The normalized spacial score (nSPS) is 18.0. The van der Waals surface area contributed by atoms with Gasteiger partial charge in [0.2, 0.25) is 0 Å². The lowest BCUT2D eigenvalue weighted by molar-refractivity contribution is 0.409. The van der Waals surface area contributed by atoms with Crippen molar-refractivity contribution in [2.75, 3.05) is 11.4 Å². The molecule has 286 valence electrons. The van der Waals surface area contributed by atoms with E-state index >= 15 is 0 Å². The fraction of sp³-hybridized carbons (Fsp3) is 0.107. The van der Waals surface area contributed by atoms with Gasteiger partial charge in [0.15, 0.2) is 0 Å². The number of fused-ring (bicyclic) bond motifs is 6. The van der Waals surface area contributed by atoms with Crippen molar-refractivity contribution in [3.05, 3.63) is 221 Å². The maximum absolute atomic E-state index is 6.14. The van der Waals surface area contributed by atoms with Crippen LogP contribution in [0.5, 0.6) is 0 Å². The predicted octanol–water partition coefficient (Wildman–Crippen LogP) is 13.6. The highest BCUT2D eigenvalue weighted by atomic mass is 32.1. The Morgan fingerprint density at radius 3 is 2.15 bits per heavy atom. The lowest BCUT2D eigenvalue weighted by atomic mass is 9.76. The van der Waals surface area contributed by atoms with Crippen molar-refractivity contribution in [3.63, 3.8) is 0 Å². The van der Waals surface area contributed by atoms with Gasteiger partial charge in [0.25, 0.3) is 0 Å². The van der Waals surface area contributed by atoms with Gasteiger partial charge >= 0.3 is 0 Å². The fourth-order valence-corrected chi connectivity index (χ4v) is 10.1. The number of anilines is 1. The Hall–Kier alpha value is -6.68. The van der Waals surface area contributed by atoms with E-state index in [2.05, 4.69) is 200 Å². The molecule has 0 spiro atoms. The van der Waals surface area contributed by atoms with Crippen molar-refractivity contribution in [2.24, 2.45) is 17.8 Å². The summed E-state index contributed by atoms with van der Waals surface area (Å²) >= 11 is 1.92. The number of thiophene rings is 1. The average Bonchev–Trinajstić information content (AvgIpc) is 3.86. The standard InChI is InChI=1S/C56H45NOS/c1-3-39(40-14-6-4-7-15-40)35-44(41-16-8-5-9-17-41)32-33-57(46-26-22-42(23-27-46)43-24-30-54-51(36-43)49-18-10-12-20-53(49)58-54)47-28-29-48(38(2)34-47)45-25-31-56-52(37-45)50-19-11-13-21-55(50)59-56/h3-24,26-32,34-38,45,48H,1,25,33H2,2H3/b39-35+,44-32+/t38?,45-,48?/m1/s1. The highest BCUT2D eigenvalue weighted by Crippen LogP contribution is 2.37. The van der Waals surface area contributed by atoms with Crippen molar-refractivity contribution in [1.82, 2.24) is 0 Å². The summed E-state index contributed by atoms with van der Waals surface area (Å²) in [6.07, 6.45) is 20.0. The van der Waals surface area contributed by atoms with E-state index < -0.39 is 0 Å². The van der Waals surface area contributed by atoms with Crippen LogP contribution >= 0.6 is 11.3 Å². The zero-order valence-electron chi connectivity index (χ0n) is 33.2. The van der Waals surface area contributed by atoms with E-state index in [0.717, 1.165) is 50.8 Å². The quantitative estimate of drug-likeness (QED) is 0.129. The first-order chi connectivity index (χ1) is 29.1. The van der Waals surface area contributed by atoms with Crippen LogP contribution < -0.4 is 14.7 Å². The molecule has 2 aliphatic rings. The maximum Gasteiger partial charge on any atom is 0.135 e. The first-order valence-corrected chi connectivity index (χ1v) is 21.5. The van der Waals surface area contributed by atoms with E-state index in [-0.39, 0.29) is 0 Å². The number of allylic oxidation sites excluding steroid dienone is 7. The summed E-state index contributed by atoms with van der Waals surface area (Å²) in [5.41, 5.74) is 11.1. The number of rotatable bonds is 10. The molecule has 3 atom stereocenters. The zero-order chi connectivity index (χ0) is 39.7. The summed E-state index contributed by atoms with van der Waals surface area (Å²) in [5.74, 6) is 1.23. The molecule has 2 aliphatic carbocycles. The van der Waals surface area contributed by atoms with Gasteiger partial charge in [-0.1, -0.05) is 165 Å². The molecule has 10 rings (SSSR count). The Labute approximate surface area is 350 Å². The molecule has 0 aliphatic heterocycles. The monoisotopic (exact) mass is 779 g/mol. The first-order valence-electron chi connectivity index (χ1n) is 20.6. The zero-order valence-corrected chi connectivity index (χ0v) is 34.0. The van der Waals surface area contributed by atoms with Gasteiger partial charge < -0.3 is 9.32 Å². The third kappa shape index (κ3) is 7.24. The number of para-hydroxylation sites is 1. The summed E-state index contributed by atoms with van der Waals surface area (Å²) in [6.45, 7) is 7.29. The Morgan fingerprint density at radius 2 is 1.39 bits per heavy atom. The van der Waals surface area contributed by atoms with E-state index in [1.54, 1.807) is 0 Å². The summed E-state index contributed by atoms with van der Waals surface area (Å²) in [6, 6.07) is 53.9. The van der Waals surface area contributed by atoms with Crippen LogP contribution in [-0.2, 0) is 0 Å². The lowest BCUT2D eigenvalue weighted by Crippen LogP contribution is -2.31. The van der Waals surface area contributed by atoms with E-state index in [0.29, 0.717) is 24.3 Å². The van der Waals surface area contributed by atoms with Gasteiger partial charge in [0.1, 0.15) is 11.2 Å². The number of hydrogen-bond acceptors (Lipinski definition) is 3. The molecule has 0 radical (unpaired) electrons. The molecule has 0 amide bonds. The lowest BCUT2D eigenvalue weighted by Gasteiger charge is -2.33. The van der Waals surface area contributed by atoms with Crippen molar-refractivity contribution in [3.8, 4) is 11.1 Å². The highest BCUT2D eigenvalue weighted by Gasteiger charge is 2.27. The Morgan fingerprint density at radius 1 is 0.712 bits per heavy atom. The van der Waals surface area contributed by atoms with Crippen LogP contribution in [0, 0.1) is 17.8 Å². The van der Waals surface area contributed by atoms with Gasteiger partial charge in [-0.3, -0.25) is 0 Å². The Bertz CT molecular complexity index is 3090. The van der Waals surface area contributed by atoms with Crippen LogP contribution in [0.1, 0.15) is 24.5 Å².